The molecule has 1 aliphatic rings. The lowest BCUT2D eigenvalue weighted by Crippen LogP contribution is -2.41. The van der Waals surface area contributed by atoms with Gasteiger partial charge in [0.05, 0.1) is 17.6 Å². The Morgan fingerprint density at radius 2 is 1.79 bits per heavy atom. The maximum atomic E-state index is 12.7. The zero-order chi connectivity index (χ0) is 24.5. The number of hydrazine groups is 1. The SMILES string of the molecule is COc1ccccc1C(=O)NNC(=O)CCCCCN1C(=O)/C(=C/c2ccc(C)cc2)SC1=S. The number of nitrogens with one attached hydrogen (secondary N) is 2. The van der Waals surface area contributed by atoms with Crippen LogP contribution in [0.4, 0.5) is 0 Å². The van der Waals surface area contributed by atoms with Crippen LogP contribution >= 0.6 is 24.0 Å². The minimum absolute atomic E-state index is 0.0765. The first kappa shape index (κ1) is 25.5. The summed E-state index contributed by atoms with van der Waals surface area (Å²) in [5.41, 5.74) is 7.29. The first-order chi connectivity index (χ1) is 16.4. The lowest BCUT2D eigenvalue weighted by Gasteiger charge is -2.14. The Balaban J connectivity index is 1.37. The van der Waals surface area contributed by atoms with Crippen LogP contribution in [-0.4, -0.2) is 40.6 Å². The van der Waals surface area contributed by atoms with Crippen LogP contribution in [0.25, 0.3) is 6.08 Å². The van der Waals surface area contributed by atoms with Gasteiger partial charge in [-0.05, 0) is 43.5 Å². The van der Waals surface area contributed by atoms with Gasteiger partial charge in [0.15, 0.2) is 0 Å². The number of amides is 3. The molecule has 1 saturated heterocycles. The third-order valence-corrected chi connectivity index (χ3v) is 6.58. The number of methoxy groups -OCH3 is 1. The number of aryl methyl sites for hydroxylation is 1. The molecule has 7 nitrogen and oxygen atoms in total. The number of rotatable bonds is 9. The summed E-state index contributed by atoms with van der Waals surface area (Å²) in [5, 5.41) is 0. The molecule has 3 rings (SSSR count). The largest absolute Gasteiger partial charge is 0.496 e. The van der Waals surface area contributed by atoms with Gasteiger partial charge in [-0.15, -0.1) is 0 Å². The highest BCUT2D eigenvalue weighted by Crippen LogP contribution is 2.32. The van der Waals surface area contributed by atoms with Gasteiger partial charge >= 0.3 is 0 Å². The Bertz CT molecular complexity index is 1100. The van der Waals surface area contributed by atoms with E-state index in [-0.39, 0.29) is 18.2 Å². The van der Waals surface area contributed by atoms with Gasteiger partial charge in [-0.25, -0.2) is 0 Å². The molecule has 2 aromatic carbocycles. The number of carbonyl (C=O) groups is 3. The fraction of sp³-hybridized carbons (Fsp3) is 0.280. The van der Waals surface area contributed by atoms with Crippen LogP contribution in [0.5, 0.6) is 5.75 Å². The summed E-state index contributed by atoms with van der Waals surface area (Å²) in [5.74, 6) is -0.375. The van der Waals surface area contributed by atoms with Crippen molar-refractivity contribution in [3.05, 3.63) is 70.1 Å². The molecule has 2 aromatic rings. The average Bonchev–Trinajstić information content (AvgIpc) is 3.10. The van der Waals surface area contributed by atoms with Gasteiger partial charge in [0.2, 0.25) is 5.91 Å². The third-order valence-electron chi connectivity index (χ3n) is 5.20. The minimum Gasteiger partial charge on any atom is -0.496 e. The molecule has 34 heavy (non-hydrogen) atoms. The van der Waals surface area contributed by atoms with Crippen molar-refractivity contribution in [1.82, 2.24) is 15.8 Å². The van der Waals surface area contributed by atoms with Crippen LogP contribution in [0.3, 0.4) is 0 Å². The van der Waals surface area contributed by atoms with Crippen molar-refractivity contribution in [3.8, 4) is 5.75 Å². The number of unbranched alkanes of at least 4 members (excludes halogenated alkanes) is 2. The highest BCUT2D eigenvalue weighted by Gasteiger charge is 2.31. The monoisotopic (exact) mass is 497 g/mol. The summed E-state index contributed by atoms with van der Waals surface area (Å²) in [4.78, 5) is 39.2. The van der Waals surface area contributed by atoms with Gasteiger partial charge in [-0.2, -0.15) is 0 Å². The Morgan fingerprint density at radius 3 is 2.53 bits per heavy atom. The van der Waals surface area contributed by atoms with Gasteiger partial charge in [-0.3, -0.25) is 30.1 Å². The van der Waals surface area contributed by atoms with E-state index in [2.05, 4.69) is 10.9 Å². The minimum atomic E-state index is -0.446. The topological polar surface area (TPSA) is 87.7 Å². The van der Waals surface area contributed by atoms with Crippen LogP contribution < -0.4 is 15.6 Å². The predicted octanol–water partition coefficient (Wildman–Crippen LogP) is 4.23. The fourth-order valence-electron chi connectivity index (χ4n) is 3.33. The molecule has 1 fully saturated rings. The molecular weight excluding hydrogens is 470 g/mol. The summed E-state index contributed by atoms with van der Waals surface area (Å²) in [7, 11) is 1.48. The molecule has 2 N–H and O–H groups in total. The Labute approximate surface area is 208 Å². The number of nitrogens with zero attached hydrogens (tertiary/aromatic N) is 1. The van der Waals surface area contributed by atoms with Crippen molar-refractivity contribution >= 4 is 52.1 Å². The number of ether oxygens (including phenoxy) is 1. The van der Waals surface area contributed by atoms with Gasteiger partial charge in [0.25, 0.3) is 11.8 Å². The molecule has 0 unspecified atom stereocenters. The highest BCUT2D eigenvalue weighted by molar-refractivity contribution is 8.26. The Kier molecular flexibility index (Phi) is 9.24. The van der Waals surface area contributed by atoms with Crippen LogP contribution in [-0.2, 0) is 9.59 Å². The van der Waals surface area contributed by atoms with E-state index in [4.69, 9.17) is 17.0 Å². The summed E-state index contributed by atoms with van der Waals surface area (Å²) >= 11 is 6.70. The van der Waals surface area contributed by atoms with E-state index in [1.54, 1.807) is 29.2 Å². The van der Waals surface area contributed by atoms with E-state index in [0.29, 0.717) is 33.5 Å². The maximum Gasteiger partial charge on any atom is 0.273 e. The van der Waals surface area contributed by atoms with Crippen molar-refractivity contribution in [2.45, 2.75) is 32.6 Å². The lowest BCUT2D eigenvalue weighted by molar-refractivity contribution is -0.123. The van der Waals surface area contributed by atoms with Gasteiger partial charge in [0, 0.05) is 13.0 Å². The molecule has 0 aromatic heterocycles. The standard InChI is InChI=1S/C25H27N3O4S2/c1-17-11-13-18(14-12-17)16-21-24(31)28(25(33)34-21)15-7-3-4-10-22(29)26-27-23(30)19-8-5-6-9-20(19)32-2/h5-6,8-9,11-14,16H,3-4,7,10,15H2,1-2H3,(H,26,29)(H,27,30)/b21-16-. The molecule has 178 valence electrons. The molecular formula is C25H27N3O4S2. The normalized spacial score (nSPS) is 14.4. The van der Waals surface area contributed by atoms with E-state index >= 15 is 0 Å². The van der Waals surface area contributed by atoms with Gasteiger partial charge in [-0.1, -0.05) is 72.4 Å². The van der Waals surface area contributed by atoms with Gasteiger partial charge in [0.1, 0.15) is 10.1 Å². The number of thiocarbonyl (C=S) groups is 1. The van der Waals surface area contributed by atoms with Crippen molar-refractivity contribution in [2.24, 2.45) is 0 Å². The number of benzene rings is 2. The first-order valence-corrected chi connectivity index (χ1v) is 12.2. The van der Waals surface area contributed by atoms with Crippen molar-refractivity contribution in [3.63, 3.8) is 0 Å². The molecule has 0 aliphatic carbocycles. The van der Waals surface area contributed by atoms with Crippen LogP contribution in [0.2, 0.25) is 0 Å². The highest BCUT2D eigenvalue weighted by atomic mass is 32.2. The predicted molar refractivity (Wildman–Crippen MR) is 138 cm³/mol. The number of carbonyl (C=O) groups excluding carboxylic acids is 3. The summed E-state index contributed by atoms with van der Waals surface area (Å²) < 4.78 is 5.70. The quantitative estimate of drug-likeness (QED) is 0.233. The molecule has 1 aliphatic heterocycles. The van der Waals surface area contributed by atoms with Crippen LogP contribution in [0.1, 0.15) is 47.2 Å². The van der Waals surface area contributed by atoms with E-state index in [1.807, 2.05) is 37.3 Å². The summed E-state index contributed by atoms with van der Waals surface area (Å²) in [6, 6.07) is 14.7. The fourth-order valence-corrected chi connectivity index (χ4v) is 4.64. The maximum absolute atomic E-state index is 12.7. The van der Waals surface area contributed by atoms with E-state index in [0.717, 1.165) is 24.0 Å². The van der Waals surface area contributed by atoms with E-state index < -0.39 is 5.91 Å². The molecule has 0 bridgehead atoms. The van der Waals surface area contributed by atoms with Crippen LogP contribution in [0.15, 0.2) is 53.4 Å². The van der Waals surface area contributed by atoms with Crippen LogP contribution in [0, 0.1) is 6.92 Å². The molecule has 0 saturated carbocycles. The van der Waals surface area contributed by atoms with Crippen molar-refractivity contribution in [2.75, 3.05) is 13.7 Å². The second kappa shape index (κ2) is 12.3. The number of para-hydroxylation sites is 1. The van der Waals surface area contributed by atoms with Gasteiger partial charge < -0.3 is 4.74 Å². The van der Waals surface area contributed by atoms with E-state index in [1.165, 1.54) is 18.9 Å². The second-order valence-electron chi connectivity index (χ2n) is 7.76. The molecule has 0 spiro atoms. The molecule has 3 amide bonds. The molecule has 9 heteroatoms. The lowest BCUT2D eigenvalue weighted by atomic mass is 10.1. The zero-order valence-electron chi connectivity index (χ0n) is 19.1. The van der Waals surface area contributed by atoms with Crippen molar-refractivity contribution < 1.29 is 19.1 Å². The summed E-state index contributed by atoms with van der Waals surface area (Å²) in [6.07, 6.45) is 4.23. The van der Waals surface area contributed by atoms with E-state index in [9.17, 15) is 14.4 Å². The van der Waals surface area contributed by atoms with Crippen molar-refractivity contribution in [1.29, 1.82) is 0 Å². The third kappa shape index (κ3) is 6.91. The number of hydrogen-bond donors (Lipinski definition) is 2. The smallest absolute Gasteiger partial charge is 0.273 e. The Hall–Kier alpha value is -3.17. The number of hydrogen-bond acceptors (Lipinski definition) is 6. The molecule has 1 heterocycles. The zero-order valence-corrected chi connectivity index (χ0v) is 20.8. The first-order valence-electron chi connectivity index (χ1n) is 10.9. The average molecular weight is 498 g/mol. The summed E-state index contributed by atoms with van der Waals surface area (Å²) in [6.45, 7) is 2.53. The Morgan fingerprint density at radius 1 is 1.06 bits per heavy atom. The molecule has 0 radical (unpaired) electrons. The molecule has 0 atom stereocenters. The number of thioether (sulfide) groups is 1. The second-order valence-corrected chi connectivity index (χ2v) is 9.43.